The van der Waals surface area contributed by atoms with Crippen molar-refractivity contribution in [2.45, 2.75) is 31.9 Å². The minimum absolute atomic E-state index is 0.210. The molecule has 0 spiro atoms. The monoisotopic (exact) mass is 544 g/mol. The molecule has 2 fully saturated rings. The number of ether oxygens (including phenoxy) is 1. The number of likely N-dealkylation sites (tertiary alicyclic amines) is 1. The van der Waals surface area contributed by atoms with E-state index in [1.54, 1.807) is 16.9 Å². The van der Waals surface area contributed by atoms with E-state index in [-0.39, 0.29) is 5.92 Å². The van der Waals surface area contributed by atoms with Crippen LogP contribution in [0.3, 0.4) is 0 Å². The first-order valence-corrected chi connectivity index (χ1v) is 13.2. The molecule has 0 atom stereocenters. The van der Waals surface area contributed by atoms with E-state index in [1.165, 1.54) is 12.1 Å². The van der Waals surface area contributed by atoms with Crippen molar-refractivity contribution in [2.75, 3.05) is 70.8 Å². The third kappa shape index (κ3) is 5.81. The number of hydrogen-bond acceptors (Lipinski definition) is 7. The lowest BCUT2D eigenvalue weighted by Gasteiger charge is -2.32. The fourth-order valence-electron chi connectivity index (χ4n) is 5.25. The SMILES string of the molecule is Cc1nc2c(N=CN(C)C)cc(N3CCOCC3)nn2c1Nc1cccc(C(F)(F)F)c1C1CCN(C)CC1. The van der Waals surface area contributed by atoms with Crippen molar-refractivity contribution in [3.63, 3.8) is 0 Å². The van der Waals surface area contributed by atoms with Crippen molar-refractivity contribution in [3.8, 4) is 0 Å². The molecule has 0 saturated carbocycles. The van der Waals surface area contributed by atoms with Crippen LogP contribution in [0.2, 0.25) is 0 Å². The first-order chi connectivity index (χ1) is 18.6. The quantitative estimate of drug-likeness (QED) is 0.357. The molecule has 9 nitrogen and oxygen atoms in total. The molecule has 2 saturated heterocycles. The number of nitrogens with one attached hydrogen (secondary N) is 1. The Morgan fingerprint density at radius 2 is 1.85 bits per heavy atom. The molecule has 210 valence electrons. The average molecular weight is 545 g/mol. The summed E-state index contributed by atoms with van der Waals surface area (Å²) in [6.45, 7) is 5.88. The van der Waals surface area contributed by atoms with E-state index >= 15 is 0 Å². The van der Waals surface area contributed by atoms with Crippen molar-refractivity contribution < 1.29 is 17.9 Å². The Morgan fingerprint density at radius 1 is 1.13 bits per heavy atom. The van der Waals surface area contributed by atoms with E-state index in [0.29, 0.717) is 79.1 Å². The van der Waals surface area contributed by atoms with Crippen molar-refractivity contribution in [2.24, 2.45) is 4.99 Å². The molecule has 0 aliphatic carbocycles. The first kappa shape index (κ1) is 27.2. The lowest BCUT2D eigenvalue weighted by Crippen LogP contribution is -2.37. The molecule has 2 aromatic heterocycles. The maximum absolute atomic E-state index is 14.2. The number of hydrogen-bond donors (Lipinski definition) is 1. The second-order valence-corrected chi connectivity index (χ2v) is 10.4. The molecule has 1 N–H and O–H groups in total. The third-order valence-corrected chi connectivity index (χ3v) is 7.28. The Labute approximate surface area is 226 Å². The molecular weight excluding hydrogens is 509 g/mol. The summed E-state index contributed by atoms with van der Waals surface area (Å²) in [5.74, 6) is 1.02. The van der Waals surface area contributed by atoms with Crippen LogP contribution >= 0.6 is 0 Å². The number of nitrogens with zero attached hydrogens (tertiary/aromatic N) is 7. The van der Waals surface area contributed by atoms with Crippen LogP contribution in [0.1, 0.15) is 35.6 Å². The van der Waals surface area contributed by atoms with Gasteiger partial charge >= 0.3 is 6.18 Å². The number of fused-ring (bicyclic) bond motifs is 1. The summed E-state index contributed by atoms with van der Waals surface area (Å²) in [6, 6.07) is 6.26. The Hall–Kier alpha value is -3.38. The van der Waals surface area contributed by atoms with Crippen LogP contribution < -0.4 is 10.2 Å². The number of aliphatic imine (C=N–C) groups is 1. The number of morpholine rings is 1. The van der Waals surface area contributed by atoms with Crippen LogP contribution in [0.25, 0.3) is 5.65 Å². The lowest BCUT2D eigenvalue weighted by molar-refractivity contribution is -0.138. The van der Waals surface area contributed by atoms with Gasteiger partial charge in [-0.1, -0.05) is 6.07 Å². The third-order valence-electron chi connectivity index (χ3n) is 7.28. The van der Waals surface area contributed by atoms with Gasteiger partial charge in [0.2, 0.25) is 0 Å². The zero-order chi connectivity index (χ0) is 27.7. The fourth-order valence-corrected chi connectivity index (χ4v) is 5.25. The number of aryl methyl sites for hydroxylation is 1. The summed E-state index contributed by atoms with van der Waals surface area (Å²) in [4.78, 5) is 15.5. The van der Waals surface area contributed by atoms with Crippen LogP contribution in [0.4, 0.5) is 36.2 Å². The van der Waals surface area contributed by atoms with Gasteiger partial charge in [0, 0.05) is 38.9 Å². The highest BCUT2D eigenvalue weighted by Gasteiger charge is 2.37. The van der Waals surface area contributed by atoms with E-state index in [2.05, 4.69) is 20.1 Å². The lowest BCUT2D eigenvalue weighted by atomic mass is 9.85. The highest BCUT2D eigenvalue weighted by molar-refractivity contribution is 5.77. The van der Waals surface area contributed by atoms with E-state index in [4.69, 9.17) is 14.8 Å². The second kappa shape index (κ2) is 11.0. The minimum Gasteiger partial charge on any atom is -0.378 e. The first-order valence-electron chi connectivity index (χ1n) is 13.2. The zero-order valence-electron chi connectivity index (χ0n) is 22.8. The van der Waals surface area contributed by atoms with Gasteiger partial charge in [-0.25, -0.2) is 9.98 Å². The summed E-state index contributed by atoms with van der Waals surface area (Å²) in [5, 5.41) is 8.20. The van der Waals surface area contributed by atoms with Crippen LogP contribution in [-0.2, 0) is 10.9 Å². The number of piperidine rings is 1. The normalized spacial score (nSPS) is 17.9. The molecule has 4 heterocycles. The largest absolute Gasteiger partial charge is 0.416 e. The van der Waals surface area contributed by atoms with Crippen molar-refractivity contribution in [1.29, 1.82) is 0 Å². The van der Waals surface area contributed by atoms with E-state index in [9.17, 15) is 13.2 Å². The Kier molecular flexibility index (Phi) is 7.68. The number of halogens is 3. The number of rotatable bonds is 6. The summed E-state index contributed by atoms with van der Waals surface area (Å²) >= 11 is 0. The summed E-state index contributed by atoms with van der Waals surface area (Å²) < 4.78 is 49.9. The van der Waals surface area contributed by atoms with Crippen molar-refractivity contribution >= 4 is 35.0 Å². The van der Waals surface area contributed by atoms with Crippen LogP contribution in [-0.4, -0.2) is 91.3 Å². The molecule has 39 heavy (non-hydrogen) atoms. The van der Waals surface area contributed by atoms with Gasteiger partial charge in [-0.05, 0) is 63.5 Å². The van der Waals surface area contributed by atoms with Gasteiger partial charge in [0.25, 0.3) is 0 Å². The average Bonchev–Trinajstić information content (AvgIpc) is 3.22. The molecule has 12 heteroatoms. The van der Waals surface area contributed by atoms with Gasteiger partial charge < -0.3 is 24.8 Å². The number of anilines is 3. The topological polar surface area (TPSA) is 73.5 Å². The zero-order valence-corrected chi connectivity index (χ0v) is 22.8. The van der Waals surface area contributed by atoms with Gasteiger partial charge in [0.15, 0.2) is 17.3 Å². The minimum atomic E-state index is -4.46. The van der Waals surface area contributed by atoms with Crippen LogP contribution in [0, 0.1) is 6.92 Å². The van der Waals surface area contributed by atoms with Crippen molar-refractivity contribution in [3.05, 3.63) is 41.1 Å². The molecule has 2 aliphatic rings. The Bertz CT molecular complexity index is 1340. The van der Waals surface area contributed by atoms with Gasteiger partial charge in [0.1, 0.15) is 5.69 Å². The fraction of sp³-hybridized carbons (Fsp3) is 0.519. The number of benzene rings is 1. The van der Waals surface area contributed by atoms with E-state index in [1.807, 2.05) is 39.0 Å². The molecule has 1 aromatic carbocycles. The van der Waals surface area contributed by atoms with E-state index < -0.39 is 11.7 Å². The Balaban J connectivity index is 1.63. The predicted octanol–water partition coefficient (Wildman–Crippen LogP) is 4.67. The van der Waals surface area contributed by atoms with E-state index in [0.717, 1.165) is 13.1 Å². The number of alkyl halides is 3. The van der Waals surface area contributed by atoms with Crippen molar-refractivity contribution in [1.82, 2.24) is 24.4 Å². The molecule has 2 aliphatic heterocycles. The Morgan fingerprint density at radius 3 is 2.51 bits per heavy atom. The molecule has 0 unspecified atom stereocenters. The molecule has 3 aromatic rings. The molecule has 5 rings (SSSR count). The standard InChI is InChI=1S/C27H35F3N8O/c1-18-25(33-21-7-5-6-20(27(28,29)30)24(21)19-8-10-36(4)11-9-19)38-26(32-18)22(31-17-35(2)3)16-23(34-38)37-12-14-39-15-13-37/h5-7,16-17,19,33H,8-15H2,1-4H3. The highest BCUT2D eigenvalue weighted by atomic mass is 19.4. The molecule has 0 amide bonds. The predicted molar refractivity (Wildman–Crippen MR) is 147 cm³/mol. The highest BCUT2D eigenvalue weighted by Crippen LogP contribution is 2.43. The molecular formula is C27H35F3N8O. The van der Waals surface area contributed by atoms with Crippen LogP contribution in [0.5, 0.6) is 0 Å². The summed E-state index contributed by atoms with van der Waals surface area (Å²) in [7, 11) is 5.76. The summed E-state index contributed by atoms with van der Waals surface area (Å²) in [5.41, 5.74) is 1.92. The van der Waals surface area contributed by atoms with Gasteiger partial charge in [-0.15, -0.1) is 5.10 Å². The molecule has 0 bridgehead atoms. The number of aromatic nitrogens is 3. The maximum atomic E-state index is 14.2. The number of imidazole rings is 1. The van der Waals surface area contributed by atoms with Gasteiger partial charge in [-0.3, -0.25) is 0 Å². The van der Waals surface area contributed by atoms with Crippen LogP contribution in [0.15, 0.2) is 29.3 Å². The maximum Gasteiger partial charge on any atom is 0.416 e. The smallest absolute Gasteiger partial charge is 0.378 e. The second-order valence-electron chi connectivity index (χ2n) is 10.4. The van der Waals surface area contributed by atoms with Gasteiger partial charge in [0.05, 0.1) is 30.8 Å². The van der Waals surface area contributed by atoms with Gasteiger partial charge in [-0.2, -0.15) is 17.7 Å². The summed E-state index contributed by atoms with van der Waals surface area (Å²) in [6.07, 6.45) is -1.44. The molecule has 0 radical (unpaired) electrons.